The fourth-order valence-electron chi connectivity index (χ4n) is 2.80. The van der Waals surface area contributed by atoms with Crippen molar-refractivity contribution < 1.29 is 17.6 Å². The quantitative estimate of drug-likeness (QED) is 0.672. The highest BCUT2D eigenvalue weighted by atomic mass is 32.2. The Hall–Kier alpha value is -2.25. The summed E-state index contributed by atoms with van der Waals surface area (Å²) in [5.74, 6) is -0.626. The van der Waals surface area contributed by atoms with Crippen molar-refractivity contribution in [3.8, 4) is 0 Å². The van der Waals surface area contributed by atoms with Crippen LogP contribution in [0.3, 0.4) is 0 Å². The molecule has 0 heterocycles. The average Bonchev–Trinajstić information content (AvgIpc) is 2.62. The maximum Gasteiger partial charge on any atom is 0.241 e. The SMILES string of the molecule is Cc1ccc(S(=O)(=O)NC(CC(C)C)C(=O)NCCc2ccccc2F)cc1. The summed E-state index contributed by atoms with van der Waals surface area (Å²) in [4.78, 5) is 12.7. The van der Waals surface area contributed by atoms with Crippen LogP contribution in [-0.2, 0) is 21.2 Å². The first-order valence-electron chi connectivity index (χ1n) is 9.29. The number of hydrogen-bond donors (Lipinski definition) is 2. The van der Waals surface area contributed by atoms with Crippen molar-refractivity contribution in [2.45, 2.75) is 44.6 Å². The first-order valence-corrected chi connectivity index (χ1v) is 10.8. The van der Waals surface area contributed by atoms with Crippen LogP contribution in [0, 0.1) is 18.7 Å². The van der Waals surface area contributed by atoms with Crippen molar-refractivity contribution in [1.82, 2.24) is 10.0 Å². The van der Waals surface area contributed by atoms with Crippen molar-refractivity contribution in [2.24, 2.45) is 5.92 Å². The van der Waals surface area contributed by atoms with E-state index in [4.69, 9.17) is 0 Å². The molecule has 0 spiro atoms. The highest BCUT2D eigenvalue weighted by molar-refractivity contribution is 7.89. The Morgan fingerprint density at radius 1 is 1.07 bits per heavy atom. The smallest absolute Gasteiger partial charge is 0.241 e. The highest BCUT2D eigenvalue weighted by Gasteiger charge is 2.26. The molecule has 2 aromatic rings. The number of carbonyl (C=O) groups is 1. The van der Waals surface area contributed by atoms with Gasteiger partial charge in [-0.25, -0.2) is 12.8 Å². The first kappa shape index (κ1) is 22.0. The van der Waals surface area contributed by atoms with Gasteiger partial charge in [0.05, 0.1) is 4.90 Å². The molecule has 7 heteroatoms. The number of aryl methyl sites for hydroxylation is 1. The maximum absolute atomic E-state index is 13.7. The summed E-state index contributed by atoms with van der Waals surface area (Å²) in [6, 6.07) is 11.9. The van der Waals surface area contributed by atoms with E-state index in [1.165, 1.54) is 18.2 Å². The molecular formula is C21H27FN2O3S. The molecule has 0 radical (unpaired) electrons. The van der Waals surface area contributed by atoms with E-state index < -0.39 is 22.0 Å². The van der Waals surface area contributed by atoms with E-state index in [2.05, 4.69) is 10.0 Å². The van der Waals surface area contributed by atoms with E-state index in [-0.39, 0.29) is 23.2 Å². The van der Waals surface area contributed by atoms with E-state index in [1.54, 1.807) is 30.3 Å². The second-order valence-electron chi connectivity index (χ2n) is 7.25. The van der Waals surface area contributed by atoms with Crippen LogP contribution in [0.25, 0.3) is 0 Å². The molecule has 152 valence electrons. The van der Waals surface area contributed by atoms with Gasteiger partial charge in [-0.3, -0.25) is 4.79 Å². The molecular weight excluding hydrogens is 379 g/mol. The number of carbonyl (C=O) groups excluding carboxylic acids is 1. The number of halogens is 1. The molecule has 0 saturated heterocycles. The van der Waals surface area contributed by atoms with Gasteiger partial charge in [-0.05, 0) is 49.4 Å². The van der Waals surface area contributed by atoms with E-state index in [0.29, 0.717) is 18.4 Å². The summed E-state index contributed by atoms with van der Waals surface area (Å²) in [7, 11) is -3.82. The Labute approximate surface area is 166 Å². The van der Waals surface area contributed by atoms with Crippen molar-refractivity contribution in [3.63, 3.8) is 0 Å². The molecule has 0 aliphatic rings. The second kappa shape index (κ2) is 9.80. The summed E-state index contributed by atoms with van der Waals surface area (Å²) >= 11 is 0. The Kier molecular flexibility index (Phi) is 7.71. The van der Waals surface area contributed by atoms with E-state index in [0.717, 1.165) is 5.56 Å². The number of amides is 1. The van der Waals surface area contributed by atoms with Crippen LogP contribution in [0.1, 0.15) is 31.4 Å². The highest BCUT2D eigenvalue weighted by Crippen LogP contribution is 2.13. The molecule has 2 N–H and O–H groups in total. The number of hydrogen-bond acceptors (Lipinski definition) is 3. The van der Waals surface area contributed by atoms with Crippen LogP contribution in [0.5, 0.6) is 0 Å². The monoisotopic (exact) mass is 406 g/mol. The molecule has 0 aliphatic heterocycles. The average molecular weight is 407 g/mol. The minimum Gasteiger partial charge on any atom is -0.354 e. The van der Waals surface area contributed by atoms with Crippen LogP contribution in [-0.4, -0.2) is 26.9 Å². The predicted molar refractivity (Wildman–Crippen MR) is 108 cm³/mol. The van der Waals surface area contributed by atoms with Gasteiger partial charge in [-0.1, -0.05) is 49.7 Å². The normalized spacial score (nSPS) is 12.8. The lowest BCUT2D eigenvalue weighted by molar-refractivity contribution is -0.123. The molecule has 1 atom stereocenters. The molecule has 1 unspecified atom stereocenters. The minimum atomic E-state index is -3.82. The Morgan fingerprint density at radius 3 is 2.32 bits per heavy atom. The Bertz CT molecular complexity index is 896. The summed E-state index contributed by atoms with van der Waals surface area (Å²) in [5, 5.41) is 2.71. The largest absolute Gasteiger partial charge is 0.354 e. The molecule has 0 saturated carbocycles. The molecule has 5 nitrogen and oxygen atoms in total. The van der Waals surface area contributed by atoms with Crippen LogP contribution >= 0.6 is 0 Å². The zero-order chi connectivity index (χ0) is 20.7. The lowest BCUT2D eigenvalue weighted by atomic mass is 10.0. The fraction of sp³-hybridized carbons (Fsp3) is 0.381. The summed E-state index contributed by atoms with van der Waals surface area (Å²) < 4.78 is 41.5. The van der Waals surface area contributed by atoms with Crippen LogP contribution < -0.4 is 10.0 Å². The molecule has 28 heavy (non-hydrogen) atoms. The number of rotatable bonds is 9. The van der Waals surface area contributed by atoms with Gasteiger partial charge in [0.25, 0.3) is 0 Å². The van der Waals surface area contributed by atoms with Gasteiger partial charge in [-0.2, -0.15) is 4.72 Å². The Balaban J connectivity index is 2.04. The molecule has 0 fully saturated rings. The van der Waals surface area contributed by atoms with Crippen LogP contribution in [0.15, 0.2) is 53.4 Å². The summed E-state index contributed by atoms with van der Waals surface area (Å²) in [6.07, 6.45) is 0.689. The van der Waals surface area contributed by atoms with Gasteiger partial charge in [-0.15, -0.1) is 0 Å². The molecule has 1 amide bonds. The molecule has 2 rings (SSSR count). The van der Waals surface area contributed by atoms with Gasteiger partial charge in [0.1, 0.15) is 11.9 Å². The Morgan fingerprint density at radius 2 is 1.71 bits per heavy atom. The van der Waals surface area contributed by atoms with Gasteiger partial charge in [0.2, 0.25) is 15.9 Å². The van der Waals surface area contributed by atoms with E-state index >= 15 is 0 Å². The zero-order valence-corrected chi connectivity index (χ0v) is 17.2. The lowest BCUT2D eigenvalue weighted by Crippen LogP contribution is -2.47. The maximum atomic E-state index is 13.7. The first-order chi connectivity index (χ1) is 13.2. The third kappa shape index (κ3) is 6.42. The van der Waals surface area contributed by atoms with Gasteiger partial charge < -0.3 is 5.32 Å². The third-order valence-corrected chi connectivity index (χ3v) is 5.79. The van der Waals surface area contributed by atoms with E-state index in [1.807, 2.05) is 20.8 Å². The number of nitrogens with one attached hydrogen (secondary N) is 2. The number of benzene rings is 2. The molecule has 2 aromatic carbocycles. The van der Waals surface area contributed by atoms with Crippen molar-refractivity contribution in [3.05, 3.63) is 65.5 Å². The second-order valence-corrected chi connectivity index (χ2v) is 8.96. The van der Waals surface area contributed by atoms with Crippen LogP contribution in [0.4, 0.5) is 4.39 Å². The van der Waals surface area contributed by atoms with Gasteiger partial charge in [0.15, 0.2) is 0 Å². The van der Waals surface area contributed by atoms with Gasteiger partial charge >= 0.3 is 0 Å². The minimum absolute atomic E-state index is 0.114. The molecule has 0 aliphatic carbocycles. The number of sulfonamides is 1. The topological polar surface area (TPSA) is 75.3 Å². The third-order valence-electron chi connectivity index (χ3n) is 4.30. The van der Waals surface area contributed by atoms with Crippen molar-refractivity contribution in [2.75, 3.05) is 6.54 Å². The van der Waals surface area contributed by atoms with Crippen molar-refractivity contribution in [1.29, 1.82) is 0 Å². The zero-order valence-electron chi connectivity index (χ0n) is 16.4. The van der Waals surface area contributed by atoms with E-state index in [9.17, 15) is 17.6 Å². The van der Waals surface area contributed by atoms with Gasteiger partial charge in [0, 0.05) is 6.54 Å². The predicted octanol–water partition coefficient (Wildman–Crippen LogP) is 3.19. The molecule has 0 bridgehead atoms. The summed E-state index contributed by atoms with van der Waals surface area (Å²) in [5.41, 5.74) is 1.45. The molecule has 0 aromatic heterocycles. The van der Waals surface area contributed by atoms with Crippen molar-refractivity contribution >= 4 is 15.9 Å². The van der Waals surface area contributed by atoms with Crippen LogP contribution in [0.2, 0.25) is 0 Å². The summed E-state index contributed by atoms with van der Waals surface area (Å²) in [6.45, 7) is 5.93. The standard InChI is InChI=1S/C21H27FN2O3S/c1-15(2)14-20(24-28(26,27)18-10-8-16(3)9-11-18)21(25)23-13-12-17-6-4-5-7-19(17)22/h4-11,15,20,24H,12-14H2,1-3H3,(H,23,25). The fourth-order valence-corrected chi connectivity index (χ4v) is 4.01. The lowest BCUT2D eigenvalue weighted by Gasteiger charge is -2.20.